The van der Waals surface area contributed by atoms with Crippen LogP contribution in [0.25, 0.3) is 0 Å². The molecule has 22 heavy (non-hydrogen) atoms. The molecule has 0 aromatic heterocycles. The van der Waals surface area contributed by atoms with Gasteiger partial charge in [0.15, 0.2) is 0 Å². The number of fused-ring (bicyclic) bond motifs is 15. The Kier molecular flexibility index (Phi) is 1.76. The van der Waals surface area contributed by atoms with Crippen LogP contribution in [-0.2, 0) is 28.7 Å². The van der Waals surface area contributed by atoms with E-state index < -0.39 is 0 Å². The summed E-state index contributed by atoms with van der Waals surface area (Å²) in [5.74, 6) is -1.51. The Bertz CT molecular complexity index is 572. The van der Waals surface area contributed by atoms with Crippen molar-refractivity contribution in [1.82, 2.24) is 0 Å². The van der Waals surface area contributed by atoms with E-state index in [0.29, 0.717) is 0 Å². The van der Waals surface area contributed by atoms with Crippen LogP contribution in [-0.4, -0.2) is 23.9 Å². The smallest absolute Gasteiger partial charge is 0.317 e. The van der Waals surface area contributed by atoms with Gasteiger partial charge in [0.25, 0.3) is 0 Å². The topological polar surface area (TPSA) is 86.7 Å². The van der Waals surface area contributed by atoms with Crippen LogP contribution in [0.1, 0.15) is 12.8 Å². The molecule has 6 fully saturated rings. The maximum Gasteiger partial charge on any atom is 0.317 e. The number of esters is 4. The van der Waals surface area contributed by atoms with Crippen LogP contribution >= 0.6 is 0 Å². The molecule has 0 aromatic rings. The van der Waals surface area contributed by atoms with Crippen LogP contribution in [0.15, 0.2) is 0 Å². The molecule has 4 saturated carbocycles. The van der Waals surface area contributed by atoms with Gasteiger partial charge in [-0.1, -0.05) is 0 Å². The summed E-state index contributed by atoms with van der Waals surface area (Å²) in [6, 6.07) is 0. The zero-order chi connectivity index (χ0) is 14.9. The highest BCUT2D eigenvalue weighted by molar-refractivity contribution is 5.99. The Morgan fingerprint density at radius 3 is 1.09 bits per heavy atom. The number of hydrogen-bond donors (Lipinski definition) is 0. The third kappa shape index (κ3) is 0.989. The molecule has 6 heteroatoms. The molecule has 4 aliphatic carbocycles. The summed E-state index contributed by atoms with van der Waals surface area (Å²) < 4.78 is 9.73. The summed E-state index contributed by atoms with van der Waals surface area (Å²) >= 11 is 0. The zero-order valence-corrected chi connectivity index (χ0v) is 11.6. The standard InChI is InChI=1S/C16H14O6/c17-13-9-3-1-4(10(9)14(18)21-13)8-6-2-5(7(3)8)11-12(6)16(20)22-15(11)19/h3-12H,1-2H2/t3-,4?,5?,6?,7?,8?,9?,10?,11?,12?/m1/s1. The average molecular weight is 302 g/mol. The van der Waals surface area contributed by atoms with E-state index in [9.17, 15) is 19.2 Å². The third-order valence-electron chi connectivity index (χ3n) is 7.62. The highest BCUT2D eigenvalue weighted by Crippen LogP contribution is 2.74. The van der Waals surface area contributed by atoms with Gasteiger partial charge in [-0.2, -0.15) is 0 Å². The lowest BCUT2D eigenvalue weighted by molar-refractivity contribution is -0.156. The Hall–Kier alpha value is -1.72. The molecule has 9 unspecified atom stereocenters. The minimum Gasteiger partial charge on any atom is -0.393 e. The Labute approximate surface area is 125 Å². The number of ether oxygens (including phenoxy) is 2. The van der Waals surface area contributed by atoms with Gasteiger partial charge in [-0.3, -0.25) is 19.2 Å². The van der Waals surface area contributed by atoms with Crippen molar-refractivity contribution < 1.29 is 28.7 Å². The molecule has 0 radical (unpaired) electrons. The molecule has 2 aliphatic heterocycles. The fourth-order valence-corrected chi connectivity index (χ4v) is 7.40. The molecule has 2 saturated heterocycles. The Morgan fingerprint density at radius 2 is 0.818 bits per heavy atom. The van der Waals surface area contributed by atoms with E-state index >= 15 is 0 Å². The molecule has 10 atom stereocenters. The van der Waals surface area contributed by atoms with Crippen LogP contribution in [0.5, 0.6) is 0 Å². The molecule has 0 N–H and O–H groups in total. The normalized spacial score (nSPS) is 59.6. The van der Waals surface area contributed by atoms with Crippen molar-refractivity contribution in [2.24, 2.45) is 59.2 Å². The summed E-state index contributed by atoms with van der Waals surface area (Å²) in [6.45, 7) is 0. The molecule has 0 amide bonds. The van der Waals surface area contributed by atoms with Gasteiger partial charge in [-0.15, -0.1) is 0 Å². The SMILES string of the molecule is O=C1OC(=O)C2C3CC(C12)C1C2C[C@@H](C4C(=O)OC(=O)C24)C31. The van der Waals surface area contributed by atoms with Gasteiger partial charge in [-0.05, 0) is 48.3 Å². The quantitative estimate of drug-likeness (QED) is 0.360. The summed E-state index contributed by atoms with van der Waals surface area (Å²) in [5.41, 5.74) is 0. The van der Waals surface area contributed by atoms with Gasteiger partial charge in [0, 0.05) is 0 Å². The second-order valence-corrected chi connectivity index (χ2v) is 7.86. The highest BCUT2D eigenvalue weighted by Gasteiger charge is 2.77. The maximum atomic E-state index is 12.0. The molecular weight excluding hydrogens is 288 g/mol. The van der Waals surface area contributed by atoms with E-state index in [1.165, 1.54) is 0 Å². The van der Waals surface area contributed by atoms with Crippen molar-refractivity contribution in [1.29, 1.82) is 0 Å². The van der Waals surface area contributed by atoms with E-state index in [-0.39, 0.29) is 83.1 Å². The molecule has 4 bridgehead atoms. The first-order chi connectivity index (χ1) is 10.6. The van der Waals surface area contributed by atoms with Crippen molar-refractivity contribution in [3.63, 3.8) is 0 Å². The van der Waals surface area contributed by atoms with Crippen LogP contribution in [0.2, 0.25) is 0 Å². The molecule has 6 rings (SSSR count). The van der Waals surface area contributed by atoms with Crippen LogP contribution in [0.4, 0.5) is 0 Å². The molecule has 0 spiro atoms. The Morgan fingerprint density at radius 1 is 0.545 bits per heavy atom. The van der Waals surface area contributed by atoms with E-state index in [2.05, 4.69) is 0 Å². The second-order valence-electron chi connectivity index (χ2n) is 7.86. The van der Waals surface area contributed by atoms with Gasteiger partial charge in [0.2, 0.25) is 0 Å². The van der Waals surface area contributed by atoms with Gasteiger partial charge in [0.1, 0.15) is 0 Å². The van der Waals surface area contributed by atoms with Gasteiger partial charge < -0.3 is 9.47 Å². The molecule has 0 aromatic carbocycles. The fraction of sp³-hybridized carbons (Fsp3) is 0.750. The predicted molar refractivity (Wildman–Crippen MR) is 66.3 cm³/mol. The maximum absolute atomic E-state index is 12.0. The first-order valence-corrected chi connectivity index (χ1v) is 8.09. The molecule has 6 aliphatic rings. The molecule has 6 nitrogen and oxygen atoms in total. The second kappa shape index (κ2) is 3.29. The minimum atomic E-state index is -0.370. The minimum absolute atomic E-state index is 0.151. The van der Waals surface area contributed by atoms with Crippen molar-refractivity contribution in [3.05, 3.63) is 0 Å². The van der Waals surface area contributed by atoms with E-state index in [1.807, 2.05) is 0 Å². The van der Waals surface area contributed by atoms with Crippen LogP contribution < -0.4 is 0 Å². The number of hydrogen-bond acceptors (Lipinski definition) is 6. The van der Waals surface area contributed by atoms with Gasteiger partial charge >= 0.3 is 23.9 Å². The van der Waals surface area contributed by atoms with Crippen LogP contribution in [0.3, 0.4) is 0 Å². The lowest BCUT2D eigenvalue weighted by Gasteiger charge is -2.40. The summed E-state index contributed by atoms with van der Waals surface area (Å²) in [5, 5.41) is 0. The summed E-state index contributed by atoms with van der Waals surface area (Å²) in [7, 11) is 0. The summed E-state index contributed by atoms with van der Waals surface area (Å²) in [6.07, 6.45) is 1.75. The van der Waals surface area contributed by atoms with Gasteiger partial charge in [-0.25, -0.2) is 0 Å². The van der Waals surface area contributed by atoms with Crippen molar-refractivity contribution in [3.8, 4) is 0 Å². The lowest BCUT2D eigenvalue weighted by Crippen LogP contribution is -2.45. The number of carbonyl (C=O) groups excluding carboxylic acids is 4. The van der Waals surface area contributed by atoms with E-state index in [1.54, 1.807) is 0 Å². The van der Waals surface area contributed by atoms with E-state index in [4.69, 9.17) is 9.47 Å². The number of cyclic esters (lactones) is 4. The van der Waals surface area contributed by atoms with Crippen LogP contribution in [0, 0.1) is 59.2 Å². The molecular formula is C16H14O6. The highest BCUT2D eigenvalue weighted by atomic mass is 16.6. The molecule has 2 heterocycles. The zero-order valence-electron chi connectivity index (χ0n) is 11.6. The number of carbonyl (C=O) groups is 4. The van der Waals surface area contributed by atoms with Crippen molar-refractivity contribution in [2.75, 3.05) is 0 Å². The largest absolute Gasteiger partial charge is 0.393 e. The summed E-state index contributed by atoms with van der Waals surface area (Å²) in [4.78, 5) is 48.0. The van der Waals surface area contributed by atoms with E-state index in [0.717, 1.165) is 12.8 Å². The first-order valence-electron chi connectivity index (χ1n) is 8.09. The van der Waals surface area contributed by atoms with Gasteiger partial charge in [0.05, 0.1) is 23.7 Å². The van der Waals surface area contributed by atoms with Crippen molar-refractivity contribution in [2.45, 2.75) is 12.8 Å². The monoisotopic (exact) mass is 302 g/mol. The van der Waals surface area contributed by atoms with Crippen molar-refractivity contribution >= 4 is 23.9 Å². The average Bonchev–Trinajstić information content (AvgIpc) is 3.21. The fourth-order valence-electron chi connectivity index (χ4n) is 7.40. The first kappa shape index (κ1) is 11.8. The lowest BCUT2D eigenvalue weighted by atomic mass is 9.59. The number of rotatable bonds is 0. The molecule has 114 valence electrons. The third-order valence-corrected chi connectivity index (χ3v) is 7.62. The Balaban J connectivity index is 1.46. The predicted octanol–water partition coefficient (Wildman–Crippen LogP) is 0.150.